The summed E-state index contributed by atoms with van der Waals surface area (Å²) in [5.41, 5.74) is 5.62. The molecule has 2 aromatic rings. The minimum absolute atomic E-state index is 0.0562. The molecule has 0 aliphatic carbocycles. The number of anilines is 3. The Morgan fingerprint density at radius 3 is 2.72 bits per heavy atom. The molecule has 3 rings (SSSR count). The van der Waals surface area contributed by atoms with E-state index < -0.39 is 17.6 Å². The van der Waals surface area contributed by atoms with Crippen molar-refractivity contribution < 1.29 is 17.6 Å². The van der Waals surface area contributed by atoms with Crippen molar-refractivity contribution in [3.63, 3.8) is 0 Å². The molecule has 0 bridgehead atoms. The Labute approximate surface area is 167 Å². The van der Waals surface area contributed by atoms with E-state index in [1.807, 2.05) is 6.07 Å². The van der Waals surface area contributed by atoms with Gasteiger partial charge in [0.15, 0.2) is 0 Å². The topological polar surface area (TPSA) is 67.1 Å². The number of alkyl halides is 3. The number of aryl methyl sites for hydroxylation is 1. The normalized spacial score (nSPS) is 17.4. The number of hydrogen-bond acceptors (Lipinski definition) is 5. The van der Waals surface area contributed by atoms with Crippen LogP contribution in [-0.2, 0) is 12.6 Å². The molecule has 158 valence electrons. The largest absolute Gasteiger partial charge is 0.419 e. The van der Waals surface area contributed by atoms with E-state index in [0.29, 0.717) is 12.4 Å². The van der Waals surface area contributed by atoms with Crippen LogP contribution >= 0.6 is 0 Å². The molecular formula is C20H25F4N5. The average molecular weight is 411 g/mol. The molecule has 0 saturated carbocycles. The third-order valence-corrected chi connectivity index (χ3v) is 4.86. The van der Waals surface area contributed by atoms with Gasteiger partial charge in [0.1, 0.15) is 11.6 Å². The number of aromatic nitrogens is 2. The number of piperidine rings is 1. The summed E-state index contributed by atoms with van der Waals surface area (Å²) in [5.74, 6) is -0.432. The Balaban J connectivity index is 1.90. The van der Waals surface area contributed by atoms with Crippen LogP contribution in [-0.4, -0.2) is 29.1 Å². The standard InChI is InChI=1S/C20H25F4N5/c1-2-3-6-14-11-18(29-9-4-5-13(25)12-29)28-19(26-14)27-15-7-8-17(21)16(10-15)20(22,23)24/h7-8,10-11,13H,2-6,9,12,25H2,1H3,(H,26,27,28). The molecule has 0 radical (unpaired) electrons. The average Bonchev–Trinajstić information content (AvgIpc) is 2.67. The van der Waals surface area contributed by atoms with E-state index in [0.717, 1.165) is 56.5 Å². The first-order valence-electron chi connectivity index (χ1n) is 9.78. The maximum Gasteiger partial charge on any atom is 0.419 e. The third kappa shape index (κ3) is 5.56. The highest BCUT2D eigenvalue weighted by atomic mass is 19.4. The molecule has 0 spiro atoms. The first-order chi connectivity index (χ1) is 13.8. The van der Waals surface area contributed by atoms with E-state index in [1.54, 1.807) is 0 Å². The first-order valence-corrected chi connectivity index (χ1v) is 9.78. The van der Waals surface area contributed by atoms with E-state index in [-0.39, 0.29) is 17.7 Å². The fourth-order valence-corrected chi connectivity index (χ4v) is 3.35. The highest BCUT2D eigenvalue weighted by Gasteiger charge is 2.34. The lowest BCUT2D eigenvalue weighted by atomic mass is 10.1. The lowest BCUT2D eigenvalue weighted by Gasteiger charge is -2.32. The van der Waals surface area contributed by atoms with Crippen molar-refractivity contribution >= 4 is 17.5 Å². The van der Waals surface area contributed by atoms with Gasteiger partial charge in [0.25, 0.3) is 0 Å². The number of nitrogens with two attached hydrogens (primary N) is 1. The molecule has 29 heavy (non-hydrogen) atoms. The van der Waals surface area contributed by atoms with E-state index in [1.165, 1.54) is 6.07 Å². The molecule has 9 heteroatoms. The van der Waals surface area contributed by atoms with Gasteiger partial charge in [-0.15, -0.1) is 0 Å². The summed E-state index contributed by atoms with van der Waals surface area (Å²) < 4.78 is 52.5. The van der Waals surface area contributed by atoms with Crippen LogP contribution in [0, 0.1) is 5.82 Å². The van der Waals surface area contributed by atoms with Crippen LogP contribution in [0.4, 0.5) is 35.0 Å². The lowest BCUT2D eigenvalue weighted by molar-refractivity contribution is -0.139. The number of benzene rings is 1. The highest BCUT2D eigenvalue weighted by molar-refractivity contribution is 5.57. The Kier molecular flexibility index (Phi) is 6.56. The van der Waals surface area contributed by atoms with Crippen LogP contribution in [0.1, 0.15) is 43.9 Å². The Bertz CT molecular complexity index is 840. The quantitative estimate of drug-likeness (QED) is 0.678. The molecule has 1 saturated heterocycles. The Morgan fingerprint density at radius 2 is 2.03 bits per heavy atom. The summed E-state index contributed by atoms with van der Waals surface area (Å²) in [4.78, 5) is 11.0. The second kappa shape index (κ2) is 8.94. The molecular weight excluding hydrogens is 386 g/mol. The third-order valence-electron chi connectivity index (χ3n) is 4.86. The fourth-order valence-electron chi connectivity index (χ4n) is 3.35. The van der Waals surface area contributed by atoms with Crippen LogP contribution in [0.5, 0.6) is 0 Å². The smallest absolute Gasteiger partial charge is 0.355 e. The Morgan fingerprint density at radius 1 is 1.24 bits per heavy atom. The van der Waals surface area contributed by atoms with Crippen molar-refractivity contribution in [2.24, 2.45) is 5.73 Å². The zero-order chi connectivity index (χ0) is 21.0. The number of hydrogen-bond donors (Lipinski definition) is 2. The van der Waals surface area contributed by atoms with E-state index >= 15 is 0 Å². The Hall–Kier alpha value is -2.42. The number of nitrogens with one attached hydrogen (secondary N) is 1. The van der Waals surface area contributed by atoms with Gasteiger partial charge in [-0.3, -0.25) is 0 Å². The molecule has 1 atom stereocenters. The monoisotopic (exact) mass is 411 g/mol. The summed E-state index contributed by atoms with van der Waals surface area (Å²) in [5, 5.41) is 2.80. The summed E-state index contributed by atoms with van der Waals surface area (Å²) in [6.07, 6.45) is -0.220. The molecule has 1 unspecified atom stereocenters. The van der Waals surface area contributed by atoms with Crippen LogP contribution in [0.25, 0.3) is 0 Å². The number of halogens is 4. The van der Waals surface area contributed by atoms with Gasteiger partial charge in [-0.25, -0.2) is 9.37 Å². The molecule has 3 N–H and O–H groups in total. The van der Waals surface area contributed by atoms with E-state index in [2.05, 4.69) is 27.1 Å². The predicted molar refractivity (Wildman–Crippen MR) is 105 cm³/mol. The number of rotatable bonds is 6. The van der Waals surface area contributed by atoms with Crippen LogP contribution in [0.2, 0.25) is 0 Å². The summed E-state index contributed by atoms with van der Waals surface area (Å²) in [7, 11) is 0. The molecule has 1 aromatic heterocycles. The zero-order valence-electron chi connectivity index (χ0n) is 16.3. The fraction of sp³-hybridized carbons (Fsp3) is 0.500. The van der Waals surface area contributed by atoms with Crippen molar-refractivity contribution in [3.05, 3.63) is 41.3 Å². The van der Waals surface area contributed by atoms with Crippen molar-refractivity contribution in [1.82, 2.24) is 9.97 Å². The molecule has 1 aliphatic heterocycles. The molecule has 1 fully saturated rings. The molecule has 1 aromatic carbocycles. The minimum Gasteiger partial charge on any atom is -0.355 e. The van der Waals surface area contributed by atoms with Gasteiger partial charge in [-0.05, 0) is 43.9 Å². The van der Waals surface area contributed by atoms with Crippen molar-refractivity contribution in [1.29, 1.82) is 0 Å². The van der Waals surface area contributed by atoms with Crippen molar-refractivity contribution in [2.45, 2.75) is 51.2 Å². The summed E-state index contributed by atoms with van der Waals surface area (Å²) in [6.45, 7) is 3.55. The van der Waals surface area contributed by atoms with Crippen LogP contribution in [0.3, 0.4) is 0 Å². The minimum atomic E-state index is -4.78. The highest BCUT2D eigenvalue weighted by Crippen LogP contribution is 2.33. The first kappa shape index (κ1) is 21.3. The lowest BCUT2D eigenvalue weighted by Crippen LogP contribution is -2.43. The second-order valence-electron chi connectivity index (χ2n) is 7.31. The SMILES string of the molecule is CCCCc1cc(N2CCCC(N)C2)nc(Nc2ccc(F)c(C(F)(F)F)c2)n1. The van der Waals surface area contributed by atoms with Gasteiger partial charge in [0, 0.05) is 36.6 Å². The summed E-state index contributed by atoms with van der Waals surface area (Å²) >= 11 is 0. The maximum absolute atomic E-state index is 13.6. The van der Waals surface area contributed by atoms with E-state index in [4.69, 9.17) is 5.73 Å². The maximum atomic E-state index is 13.6. The molecule has 1 aliphatic rings. The molecule has 0 amide bonds. The summed E-state index contributed by atoms with van der Waals surface area (Å²) in [6, 6.07) is 4.72. The zero-order valence-corrected chi connectivity index (χ0v) is 16.3. The molecule has 5 nitrogen and oxygen atoms in total. The van der Waals surface area contributed by atoms with Gasteiger partial charge in [-0.2, -0.15) is 18.2 Å². The van der Waals surface area contributed by atoms with Crippen molar-refractivity contribution in [3.8, 4) is 0 Å². The van der Waals surface area contributed by atoms with Gasteiger partial charge in [-0.1, -0.05) is 13.3 Å². The predicted octanol–water partition coefficient (Wildman–Crippen LogP) is 4.65. The van der Waals surface area contributed by atoms with Crippen molar-refractivity contribution in [2.75, 3.05) is 23.3 Å². The van der Waals surface area contributed by atoms with Gasteiger partial charge in [0.05, 0.1) is 5.56 Å². The van der Waals surface area contributed by atoms with Gasteiger partial charge < -0.3 is 16.0 Å². The van der Waals surface area contributed by atoms with Gasteiger partial charge >= 0.3 is 6.18 Å². The number of nitrogens with zero attached hydrogens (tertiary/aromatic N) is 3. The van der Waals surface area contributed by atoms with Crippen LogP contribution < -0.4 is 16.0 Å². The van der Waals surface area contributed by atoms with E-state index in [9.17, 15) is 17.6 Å². The van der Waals surface area contributed by atoms with Crippen LogP contribution in [0.15, 0.2) is 24.3 Å². The second-order valence-corrected chi connectivity index (χ2v) is 7.31. The molecule has 2 heterocycles. The number of unbranched alkanes of at least 4 members (excludes halogenated alkanes) is 1. The van der Waals surface area contributed by atoms with Gasteiger partial charge in [0.2, 0.25) is 5.95 Å².